The number of allylic oxidation sites excluding steroid dienone is 4. The van der Waals surface area contributed by atoms with Crippen molar-refractivity contribution >= 4 is 39.1 Å². The number of nitrogens with one attached hydrogen (secondary N) is 1. The molecular formula is C19H31Cl2NZr. The summed E-state index contributed by atoms with van der Waals surface area (Å²) in [5, 5.41) is 1.31. The van der Waals surface area contributed by atoms with E-state index in [4.69, 9.17) is 0 Å². The standard InChI is InChI=1S/C8H6N.C5H5.6CH3.2ClH.Zr/c1-2-4-8-7(3-1)5-6-9-8;1-2-4-5-3-1;;;;;;;;;/h1-5,9H;1-3H,4H2;6*1H3;2*1H;. The first-order valence-electron chi connectivity index (χ1n) is 8.12. The molecule has 4 heteroatoms. The van der Waals surface area contributed by atoms with E-state index in [-0.39, 0.29) is 24.8 Å². The molecule has 1 aromatic carbocycles. The fourth-order valence-corrected chi connectivity index (χ4v) is 16.1. The number of aromatic amines is 1. The van der Waals surface area contributed by atoms with Gasteiger partial charge in [0.1, 0.15) is 0 Å². The number of fused-ring (bicyclic) bond motifs is 1. The van der Waals surface area contributed by atoms with Crippen molar-refractivity contribution in [1.29, 1.82) is 0 Å². The average molecular weight is 436 g/mol. The molecule has 0 bridgehead atoms. The maximum absolute atomic E-state index is 4.67. The van der Waals surface area contributed by atoms with Crippen molar-refractivity contribution in [2.75, 3.05) is 0 Å². The molecular weight excluding hydrogens is 404 g/mol. The van der Waals surface area contributed by atoms with Crippen molar-refractivity contribution in [3.63, 3.8) is 0 Å². The number of benzene rings is 1. The zero-order valence-electron chi connectivity index (χ0n) is 15.1. The van der Waals surface area contributed by atoms with E-state index in [1.54, 1.807) is 3.28 Å². The molecule has 1 aliphatic carbocycles. The Morgan fingerprint density at radius 3 is 2.04 bits per heavy atom. The van der Waals surface area contributed by atoms with Gasteiger partial charge in [-0.2, -0.15) is 0 Å². The third kappa shape index (κ3) is 2.92. The van der Waals surface area contributed by atoms with E-state index in [1.807, 2.05) is 0 Å². The van der Waals surface area contributed by atoms with Crippen LogP contribution in [0.2, 0.25) is 27.8 Å². The molecule has 0 saturated heterocycles. The third-order valence-corrected chi connectivity index (χ3v) is 26.6. The minimum atomic E-state index is -4.67. The molecule has 0 amide bonds. The summed E-state index contributed by atoms with van der Waals surface area (Å²) in [4.78, 5) is 3.79. The molecule has 2 aromatic rings. The molecule has 0 aliphatic heterocycles. The molecule has 1 aliphatic rings. The van der Waals surface area contributed by atoms with Gasteiger partial charge in [0.2, 0.25) is 0 Å². The van der Waals surface area contributed by atoms with E-state index in [1.165, 1.54) is 14.3 Å². The van der Waals surface area contributed by atoms with E-state index in [2.05, 4.69) is 81.3 Å². The first kappa shape index (κ1) is 20.7. The summed E-state index contributed by atoms with van der Waals surface area (Å²) < 4.78 is 18.3. The first-order chi connectivity index (χ1) is 9.13. The van der Waals surface area contributed by atoms with Crippen LogP contribution in [0.25, 0.3) is 10.9 Å². The normalized spacial score (nSPS) is 21.0. The molecule has 0 atom stereocenters. The Labute approximate surface area is 143 Å². The van der Waals surface area contributed by atoms with Gasteiger partial charge in [0.15, 0.2) is 0 Å². The van der Waals surface area contributed by atoms with Gasteiger partial charge in [-0.3, -0.25) is 0 Å². The molecule has 0 radical (unpaired) electrons. The molecule has 130 valence electrons. The predicted molar refractivity (Wildman–Crippen MR) is 109 cm³/mol. The number of H-pyrrole nitrogens is 1. The quantitative estimate of drug-likeness (QED) is 0.519. The average Bonchev–Trinajstić information content (AvgIpc) is 2.97. The molecule has 1 nitrogen and oxygen atoms in total. The van der Waals surface area contributed by atoms with Gasteiger partial charge in [-0.05, 0) is 0 Å². The summed E-state index contributed by atoms with van der Waals surface area (Å²) in [6.07, 6.45) is 7.93. The maximum atomic E-state index is 3.79. The van der Waals surface area contributed by atoms with Gasteiger partial charge < -0.3 is 0 Å². The molecule has 0 saturated carbocycles. The van der Waals surface area contributed by atoms with Crippen LogP contribution in [0.15, 0.2) is 51.8 Å². The van der Waals surface area contributed by atoms with Crippen LogP contribution in [-0.2, 0) is 14.3 Å². The van der Waals surface area contributed by atoms with Crippen LogP contribution in [0.3, 0.4) is 0 Å². The van der Waals surface area contributed by atoms with Gasteiger partial charge in [0, 0.05) is 0 Å². The van der Waals surface area contributed by atoms with Crippen molar-refractivity contribution in [2.45, 2.75) is 34.2 Å². The Balaban J connectivity index is 0.00000132. The number of rotatable bonds is 2. The predicted octanol–water partition coefficient (Wildman–Crippen LogP) is 7.07. The Kier molecular flexibility index (Phi) is 3.40. The zero-order valence-corrected chi connectivity index (χ0v) is 19.2. The van der Waals surface area contributed by atoms with Gasteiger partial charge in [0.05, 0.1) is 0 Å². The van der Waals surface area contributed by atoms with Crippen molar-refractivity contribution in [1.82, 2.24) is 4.98 Å². The Bertz CT molecular complexity index is 839. The number of halogens is 2. The van der Waals surface area contributed by atoms with Crippen LogP contribution in [0.4, 0.5) is 0 Å². The van der Waals surface area contributed by atoms with Gasteiger partial charge in [-0.1, -0.05) is 0 Å². The second-order valence-electron chi connectivity index (χ2n) is 14.2. The molecule has 0 unspecified atom stereocenters. The Hall–Kier alpha value is -0.297. The zero-order chi connectivity index (χ0) is 15.7. The van der Waals surface area contributed by atoms with Gasteiger partial charge in [-0.15, -0.1) is 24.8 Å². The molecule has 23 heavy (non-hydrogen) atoms. The number of aromatic nitrogens is 1. The van der Waals surface area contributed by atoms with Crippen molar-refractivity contribution < 1.29 is 14.3 Å². The summed E-state index contributed by atoms with van der Waals surface area (Å²) >= 11 is -4.67. The molecule has 1 aromatic heterocycles. The topological polar surface area (TPSA) is 15.8 Å². The van der Waals surface area contributed by atoms with E-state index >= 15 is 0 Å². The second-order valence-corrected chi connectivity index (χ2v) is 69.4. The van der Waals surface area contributed by atoms with E-state index in [9.17, 15) is 0 Å². The van der Waals surface area contributed by atoms with Crippen LogP contribution in [0.5, 0.6) is 0 Å². The molecule has 1 N–H and O–H groups in total. The monoisotopic (exact) mass is 433 g/mol. The van der Waals surface area contributed by atoms with E-state index in [0.29, 0.717) is 0 Å². The summed E-state index contributed by atoms with van der Waals surface area (Å²) in [5.41, 5.74) is 1.24. The van der Waals surface area contributed by atoms with Crippen LogP contribution in [-0.4, -0.2) is 4.98 Å². The molecule has 3 rings (SSSR count). The minimum absolute atomic E-state index is 0. The number of hydrogen-bond acceptors (Lipinski definition) is 0. The summed E-state index contributed by atoms with van der Waals surface area (Å²) in [6.45, 7) is 0. The van der Waals surface area contributed by atoms with Crippen LogP contribution < -0.4 is 3.40 Å². The molecule has 1 heterocycles. The van der Waals surface area contributed by atoms with Crippen molar-refractivity contribution in [2.24, 2.45) is 0 Å². The molecule has 0 spiro atoms. The Morgan fingerprint density at radius 1 is 0.913 bits per heavy atom. The summed E-state index contributed by atoms with van der Waals surface area (Å²) in [7, 11) is 0. The number of hydrogen-bond donors (Lipinski definition) is 1. The van der Waals surface area contributed by atoms with E-state index in [0.717, 1.165) is 6.42 Å². The fraction of sp³-hybridized carbons (Fsp3) is 0.368. The van der Waals surface area contributed by atoms with Gasteiger partial charge in [0.25, 0.3) is 0 Å². The third-order valence-electron chi connectivity index (χ3n) is 6.14. The van der Waals surface area contributed by atoms with Crippen molar-refractivity contribution in [3.8, 4) is 0 Å². The molecule has 0 fully saturated rings. The SMILES string of the molecule is Cl.Cl.[CH3][Zr]([CH3])([CH3])([CH3])([CH3])([CH3])([C]1=CC=CC1)[c]1cc2ccccc2[nH]1. The van der Waals surface area contributed by atoms with Gasteiger partial charge in [-0.25, -0.2) is 0 Å². The van der Waals surface area contributed by atoms with Crippen LogP contribution in [0.1, 0.15) is 6.42 Å². The van der Waals surface area contributed by atoms with Crippen molar-refractivity contribution in [3.05, 3.63) is 51.8 Å². The van der Waals surface area contributed by atoms with Crippen LogP contribution >= 0.6 is 24.8 Å². The first-order valence-corrected chi connectivity index (χ1v) is 25.3. The summed E-state index contributed by atoms with van der Waals surface area (Å²) in [6, 6.07) is 11.0. The van der Waals surface area contributed by atoms with Crippen LogP contribution in [0, 0.1) is 0 Å². The second kappa shape index (κ2) is 3.77. The Morgan fingerprint density at radius 2 is 1.52 bits per heavy atom. The van der Waals surface area contributed by atoms with Gasteiger partial charge >= 0.3 is 120 Å². The summed E-state index contributed by atoms with van der Waals surface area (Å²) in [5.74, 6) is 0. The van der Waals surface area contributed by atoms with E-state index < -0.39 is 14.3 Å². The number of para-hydroxylation sites is 1. The fourth-order valence-electron chi connectivity index (χ4n) is 3.77.